The third kappa shape index (κ3) is 2.41. The van der Waals surface area contributed by atoms with Crippen LogP contribution in [0.3, 0.4) is 0 Å². The standard InChI is InChI=1S/C16H13ClN2OS/c1-19-14-11(8-5-9-12(14)17)13(16(19)21)15(20)18-10-6-3-2-4-7-10/h2-9,13H,1H3,(H,18,20). The van der Waals surface area contributed by atoms with Crippen molar-refractivity contribution >= 4 is 46.1 Å². The van der Waals surface area contributed by atoms with E-state index in [0.29, 0.717) is 10.0 Å². The molecule has 1 unspecified atom stereocenters. The highest BCUT2D eigenvalue weighted by molar-refractivity contribution is 7.80. The predicted octanol–water partition coefficient (Wildman–Crippen LogP) is 3.84. The molecule has 1 aliphatic rings. The predicted molar refractivity (Wildman–Crippen MR) is 90.3 cm³/mol. The number of benzene rings is 2. The molecule has 21 heavy (non-hydrogen) atoms. The van der Waals surface area contributed by atoms with Gasteiger partial charge in [0.2, 0.25) is 5.91 Å². The molecule has 106 valence electrons. The Morgan fingerprint density at radius 2 is 1.90 bits per heavy atom. The third-order valence-corrected chi connectivity index (χ3v) is 4.36. The number of carbonyl (C=O) groups is 1. The van der Waals surface area contributed by atoms with E-state index < -0.39 is 5.92 Å². The van der Waals surface area contributed by atoms with Gasteiger partial charge in [-0.15, -0.1) is 0 Å². The number of amides is 1. The van der Waals surface area contributed by atoms with Crippen LogP contribution in [0.15, 0.2) is 48.5 Å². The first-order valence-electron chi connectivity index (χ1n) is 6.51. The monoisotopic (exact) mass is 316 g/mol. The van der Waals surface area contributed by atoms with E-state index >= 15 is 0 Å². The van der Waals surface area contributed by atoms with Gasteiger partial charge in [0.05, 0.1) is 15.7 Å². The van der Waals surface area contributed by atoms with E-state index in [1.807, 2.05) is 54.4 Å². The van der Waals surface area contributed by atoms with Crippen LogP contribution >= 0.6 is 23.8 Å². The zero-order valence-electron chi connectivity index (χ0n) is 11.3. The van der Waals surface area contributed by atoms with Gasteiger partial charge in [-0.05, 0) is 23.8 Å². The minimum absolute atomic E-state index is 0.140. The number of para-hydroxylation sites is 2. The fourth-order valence-electron chi connectivity index (χ4n) is 2.54. The number of thiocarbonyl (C=S) groups is 1. The van der Waals surface area contributed by atoms with Gasteiger partial charge in [-0.3, -0.25) is 4.79 Å². The van der Waals surface area contributed by atoms with Crippen LogP contribution in [0.1, 0.15) is 11.5 Å². The first-order valence-corrected chi connectivity index (χ1v) is 7.30. The molecule has 2 aromatic carbocycles. The number of carbonyl (C=O) groups excluding carboxylic acids is 1. The summed E-state index contributed by atoms with van der Waals surface area (Å²) in [6.07, 6.45) is 0. The van der Waals surface area contributed by atoms with Gasteiger partial charge in [0.25, 0.3) is 0 Å². The minimum atomic E-state index is -0.487. The zero-order valence-corrected chi connectivity index (χ0v) is 12.9. The molecule has 5 heteroatoms. The number of halogens is 1. The molecule has 1 amide bonds. The fraction of sp³-hybridized carbons (Fsp3) is 0.125. The first kappa shape index (κ1) is 14.0. The molecule has 1 atom stereocenters. The molecule has 0 spiro atoms. The molecule has 1 aliphatic heterocycles. The second-order valence-corrected chi connectivity index (χ2v) is 5.69. The number of likely N-dealkylation sites (N-methyl/N-ethyl adjacent to an activating group) is 1. The molecular weight excluding hydrogens is 304 g/mol. The molecule has 0 fully saturated rings. The van der Waals surface area contributed by atoms with Crippen LogP contribution in [0.2, 0.25) is 5.02 Å². The van der Waals surface area contributed by atoms with Crippen LogP contribution in [-0.2, 0) is 4.79 Å². The molecule has 2 aromatic rings. The quantitative estimate of drug-likeness (QED) is 0.854. The van der Waals surface area contributed by atoms with E-state index in [1.54, 1.807) is 6.07 Å². The first-order chi connectivity index (χ1) is 10.1. The Labute approximate surface area is 133 Å². The van der Waals surface area contributed by atoms with Crippen LogP contribution in [0.4, 0.5) is 11.4 Å². The van der Waals surface area contributed by atoms with Gasteiger partial charge in [0.15, 0.2) is 0 Å². The number of hydrogen-bond acceptors (Lipinski definition) is 2. The maximum atomic E-state index is 12.6. The number of anilines is 2. The van der Waals surface area contributed by atoms with Crippen LogP contribution in [0.25, 0.3) is 0 Å². The molecule has 0 aromatic heterocycles. The van der Waals surface area contributed by atoms with Gasteiger partial charge in [0.1, 0.15) is 5.92 Å². The van der Waals surface area contributed by atoms with Gasteiger partial charge in [-0.25, -0.2) is 0 Å². The highest BCUT2D eigenvalue weighted by Crippen LogP contribution is 2.42. The molecule has 0 aliphatic carbocycles. The second kappa shape index (κ2) is 5.47. The Kier molecular flexibility index (Phi) is 3.66. The Hall–Kier alpha value is -1.91. The molecule has 3 nitrogen and oxygen atoms in total. The van der Waals surface area contributed by atoms with Gasteiger partial charge in [-0.2, -0.15) is 0 Å². The lowest BCUT2D eigenvalue weighted by molar-refractivity contribution is -0.116. The summed E-state index contributed by atoms with van der Waals surface area (Å²) in [6.45, 7) is 0. The second-order valence-electron chi connectivity index (χ2n) is 4.86. The van der Waals surface area contributed by atoms with Gasteiger partial charge in [-0.1, -0.05) is 54.2 Å². The number of nitrogens with one attached hydrogen (secondary N) is 1. The fourth-order valence-corrected chi connectivity index (χ4v) is 3.18. The largest absolute Gasteiger partial charge is 0.337 e. The van der Waals surface area contributed by atoms with Crippen molar-refractivity contribution in [2.75, 3.05) is 17.3 Å². The summed E-state index contributed by atoms with van der Waals surface area (Å²) in [7, 11) is 1.84. The van der Waals surface area contributed by atoms with Crippen LogP contribution in [-0.4, -0.2) is 17.9 Å². The smallest absolute Gasteiger partial charge is 0.238 e. The SMILES string of the molecule is CN1C(=S)C(C(=O)Nc2ccccc2)c2cccc(Cl)c21. The maximum Gasteiger partial charge on any atom is 0.238 e. The van der Waals surface area contributed by atoms with Crippen molar-refractivity contribution in [3.63, 3.8) is 0 Å². The summed E-state index contributed by atoms with van der Waals surface area (Å²) in [4.78, 5) is 14.9. The molecule has 0 bridgehead atoms. The Balaban J connectivity index is 1.95. The van der Waals surface area contributed by atoms with Crippen molar-refractivity contribution in [3.05, 3.63) is 59.1 Å². The Bertz CT molecular complexity index is 717. The van der Waals surface area contributed by atoms with Crippen molar-refractivity contribution in [2.45, 2.75) is 5.92 Å². The normalized spacial score (nSPS) is 16.8. The summed E-state index contributed by atoms with van der Waals surface area (Å²) in [5.74, 6) is -0.627. The van der Waals surface area contributed by atoms with E-state index in [1.165, 1.54) is 0 Å². The average Bonchev–Trinajstić information content (AvgIpc) is 2.73. The van der Waals surface area contributed by atoms with Crippen LogP contribution < -0.4 is 10.2 Å². The van der Waals surface area contributed by atoms with Gasteiger partial charge >= 0.3 is 0 Å². The Morgan fingerprint density at radius 3 is 2.62 bits per heavy atom. The van der Waals surface area contributed by atoms with Crippen molar-refractivity contribution in [1.82, 2.24) is 0 Å². The number of rotatable bonds is 2. The minimum Gasteiger partial charge on any atom is -0.337 e. The lowest BCUT2D eigenvalue weighted by atomic mass is 10.0. The summed E-state index contributed by atoms with van der Waals surface area (Å²) in [5.41, 5.74) is 2.42. The van der Waals surface area contributed by atoms with Gasteiger partial charge < -0.3 is 10.2 Å². The molecule has 0 radical (unpaired) electrons. The molecule has 3 rings (SSSR count). The van der Waals surface area contributed by atoms with E-state index in [9.17, 15) is 4.79 Å². The van der Waals surface area contributed by atoms with E-state index in [-0.39, 0.29) is 5.91 Å². The van der Waals surface area contributed by atoms with Crippen molar-refractivity contribution in [2.24, 2.45) is 0 Å². The highest BCUT2D eigenvalue weighted by Gasteiger charge is 2.38. The molecule has 1 heterocycles. The maximum absolute atomic E-state index is 12.6. The summed E-state index contributed by atoms with van der Waals surface area (Å²) in [5, 5.41) is 3.50. The van der Waals surface area contributed by atoms with Gasteiger partial charge in [0, 0.05) is 12.7 Å². The lowest BCUT2D eigenvalue weighted by Gasteiger charge is -2.15. The molecular formula is C16H13ClN2OS. The number of fused-ring (bicyclic) bond motifs is 1. The summed E-state index contributed by atoms with van der Waals surface area (Å²) < 4.78 is 0. The molecule has 1 N–H and O–H groups in total. The molecule has 0 saturated carbocycles. The Morgan fingerprint density at radius 1 is 1.19 bits per heavy atom. The van der Waals surface area contributed by atoms with Crippen molar-refractivity contribution < 1.29 is 4.79 Å². The summed E-state index contributed by atoms with van der Waals surface area (Å²) >= 11 is 11.7. The highest BCUT2D eigenvalue weighted by atomic mass is 35.5. The van der Waals surface area contributed by atoms with Crippen LogP contribution in [0.5, 0.6) is 0 Å². The number of nitrogens with zero attached hydrogens (tertiary/aromatic N) is 1. The van der Waals surface area contributed by atoms with Crippen LogP contribution in [0, 0.1) is 0 Å². The zero-order chi connectivity index (χ0) is 15.0. The lowest BCUT2D eigenvalue weighted by Crippen LogP contribution is -2.30. The molecule has 0 saturated heterocycles. The van der Waals surface area contributed by atoms with Crippen molar-refractivity contribution in [1.29, 1.82) is 0 Å². The van der Waals surface area contributed by atoms with E-state index in [4.69, 9.17) is 23.8 Å². The van der Waals surface area contributed by atoms with E-state index in [0.717, 1.165) is 16.9 Å². The van der Waals surface area contributed by atoms with E-state index in [2.05, 4.69) is 5.32 Å². The van der Waals surface area contributed by atoms with Crippen molar-refractivity contribution in [3.8, 4) is 0 Å². The topological polar surface area (TPSA) is 32.3 Å². The summed E-state index contributed by atoms with van der Waals surface area (Å²) in [6, 6.07) is 14.9. The number of hydrogen-bond donors (Lipinski definition) is 1. The third-order valence-electron chi connectivity index (χ3n) is 3.55. The average molecular weight is 317 g/mol.